The highest BCUT2D eigenvalue weighted by molar-refractivity contribution is 7.99. The lowest BCUT2D eigenvalue weighted by Gasteiger charge is -2.09. The summed E-state index contributed by atoms with van der Waals surface area (Å²) in [6.45, 7) is 1.51. The molecule has 0 spiro atoms. The van der Waals surface area contributed by atoms with Gasteiger partial charge in [-0.3, -0.25) is 20.3 Å². The number of carbonyl (C=O) groups is 1. The molecule has 0 fully saturated rings. The summed E-state index contributed by atoms with van der Waals surface area (Å²) < 4.78 is 24.3. The van der Waals surface area contributed by atoms with Crippen molar-refractivity contribution in [3.05, 3.63) is 64.2 Å². The minimum Gasteiger partial charge on any atom is -0.278 e. The summed E-state index contributed by atoms with van der Waals surface area (Å²) in [6, 6.07) is 13.0. The van der Waals surface area contributed by atoms with Gasteiger partial charge in [0.25, 0.3) is 15.7 Å². The molecule has 0 aliphatic rings. The van der Waals surface area contributed by atoms with E-state index in [1.54, 1.807) is 0 Å². The van der Waals surface area contributed by atoms with Gasteiger partial charge in [-0.15, -0.1) is 16.6 Å². The molecule has 26 heavy (non-hydrogen) atoms. The summed E-state index contributed by atoms with van der Waals surface area (Å²) in [4.78, 5) is 24.7. The molecule has 0 aliphatic heterocycles. The van der Waals surface area contributed by atoms with Crippen molar-refractivity contribution in [2.75, 3.05) is 5.75 Å². The maximum atomic E-state index is 12.2. The first-order valence-corrected chi connectivity index (χ1v) is 10.00. The van der Waals surface area contributed by atoms with Crippen LogP contribution in [0.5, 0.6) is 0 Å². The maximum Gasteiger partial charge on any atom is 0.273 e. The number of carbonyl (C=O) groups excluding carboxylic acids is 1. The van der Waals surface area contributed by atoms with Gasteiger partial charge in [0, 0.05) is 28.7 Å². The highest BCUT2D eigenvalue weighted by Crippen LogP contribution is 2.22. The molecular formula is C16H17N3O5S2. The van der Waals surface area contributed by atoms with Crippen LogP contribution in [0, 0.1) is 17.0 Å². The Bertz CT molecular complexity index is 901. The Hall–Kier alpha value is -2.43. The Morgan fingerprint density at radius 1 is 1.19 bits per heavy atom. The Kier molecular flexibility index (Phi) is 6.72. The van der Waals surface area contributed by atoms with Crippen LogP contribution in [0.1, 0.15) is 12.0 Å². The summed E-state index contributed by atoms with van der Waals surface area (Å²) >= 11 is 1.47. The molecule has 0 unspecified atom stereocenters. The van der Waals surface area contributed by atoms with Gasteiger partial charge in [-0.2, -0.15) is 0 Å². The Morgan fingerprint density at radius 3 is 2.54 bits per heavy atom. The van der Waals surface area contributed by atoms with Crippen molar-refractivity contribution < 1.29 is 18.1 Å². The predicted octanol–water partition coefficient (Wildman–Crippen LogP) is 2.40. The van der Waals surface area contributed by atoms with Crippen molar-refractivity contribution in [1.29, 1.82) is 0 Å². The van der Waals surface area contributed by atoms with Gasteiger partial charge < -0.3 is 0 Å². The Morgan fingerprint density at radius 2 is 1.88 bits per heavy atom. The van der Waals surface area contributed by atoms with Crippen LogP contribution in [-0.4, -0.2) is 25.0 Å². The molecule has 10 heteroatoms. The molecule has 1 amide bonds. The average molecular weight is 395 g/mol. The highest BCUT2D eigenvalue weighted by Gasteiger charge is 2.20. The SMILES string of the molecule is Cc1ccc(S(=O)(=O)NNC(=O)CCSc2ccccc2)cc1[N+](=O)[O-]. The van der Waals surface area contributed by atoms with Gasteiger partial charge in [-0.1, -0.05) is 24.3 Å². The molecule has 0 radical (unpaired) electrons. The Labute approximate surface area is 155 Å². The number of benzene rings is 2. The Balaban J connectivity index is 1.90. The lowest BCUT2D eigenvalue weighted by atomic mass is 10.2. The number of amides is 1. The molecule has 0 bridgehead atoms. The fourth-order valence-electron chi connectivity index (χ4n) is 1.98. The molecule has 2 aromatic carbocycles. The molecule has 2 rings (SSSR count). The average Bonchev–Trinajstić information content (AvgIpc) is 2.61. The van der Waals surface area contributed by atoms with Crippen LogP contribution in [-0.2, 0) is 14.8 Å². The quantitative estimate of drug-likeness (QED) is 0.402. The van der Waals surface area contributed by atoms with Crippen molar-refractivity contribution in [1.82, 2.24) is 10.3 Å². The first kappa shape index (κ1) is 19.9. The van der Waals surface area contributed by atoms with E-state index in [0.29, 0.717) is 11.3 Å². The number of aryl methyl sites for hydroxylation is 1. The number of nitro groups is 1. The zero-order valence-corrected chi connectivity index (χ0v) is 15.5. The molecule has 0 heterocycles. The summed E-state index contributed by atoms with van der Waals surface area (Å²) in [5.74, 6) is -0.0215. The van der Waals surface area contributed by atoms with Crippen molar-refractivity contribution in [3.63, 3.8) is 0 Å². The number of sulfonamides is 1. The number of nitrogens with one attached hydrogen (secondary N) is 2. The minimum atomic E-state index is -4.10. The smallest absolute Gasteiger partial charge is 0.273 e. The van der Waals surface area contributed by atoms with Gasteiger partial charge in [-0.05, 0) is 25.1 Å². The lowest BCUT2D eigenvalue weighted by Crippen LogP contribution is -2.41. The number of hydrogen-bond donors (Lipinski definition) is 2. The van der Waals surface area contributed by atoms with E-state index in [2.05, 4.69) is 5.43 Å². The third-order valence-electron chi connectivity index (χ3n) is 3.35. The summed E-state index contributed by atoms with van der Waals surface area (Å²) in [5, 5.41) is 10.9. The first-order valence-electron chi connectivity index (χ1n) is 7.53. The zero-order valence-electron chi connectivity index (χ0n) is 13.8. The highest BCUT2D eigenvalue weighted by atomic mass is 32.2. The topological polar surface area (TPSA) is 118 Å². The van der Waals surface area contributed by atoms with Gasteiger partial charge in [0.05, 0.1) is 9.82 Å². The second-order valence-electron chi connectivity index (χ2n) is 5.27. The third-order valence-corrected chi connectivity index (χ3v) is 5.61. The molecule has 2 aromatic rings. The molecular weight excluding hydrogens is 378 g/mol. The number of hydrogen-bond acceptors (Lipinski definition) is 6. The van der Waals surface area contributed by atoms with Gasteiger partial charge in [-0.25, -0.2) is 8.42 Å². The number of thioether (sulfide) groups is 1. The summed E-state index contributed by atoms with van der Waals surface area (Å²) in [7, 11) is -4.10. The number of nitrogens with zero attached hydrogens (tertiary/aromatic N) is 1. The molecule has 138 valence electrons. The van der Waals surface area contributed by atoms with E-state index < -0.39 is 20.9 Å². The molecule has 8 nitrogen and oxygen atoms in total. The summed E-state index contributed by atoms with van der Waals surface area (Å²) in [5.41, 5.74) is 2.15. The normalized spacial score (nSPS) is 11.1. The lowest BCUT2D eigenvalue weighted by molar-refractivity contribution is -0.385. The van der Waals surface area contributed by atoms with Crippen LogP contribution < -0.4 is 10.3 Å². The van der Waals surface area contributed by atoms with Gasteiger partial charge in [0.15, 0.2) is 0 Å². The van der Waals surface area contributed by atoms with E-state index in [4.69, 9.17) is 0 Å². The number of nitro benzene ring substituents is 1. The first-order chi connectivity index (χ1) is 12.3. The van der Waals surface area contributed by atoms with Gasteiger partial charge >= 0.3 is 0 Å². The molecule has 2 N–H and O–H groups in total. The molecule has 0 saturated heterocycles. The van der Waals surface area contributed by atoms with Crippen LogP contribution in [0.3, 0.4) is 0 Å². The van der Waals surface area contributed by atoms with Crippen LogP contribution in [0.2, 0.25) is 0 Å². The summed E-state index contributed by atoms with van der Waals surface area (Å²) in [6.07, 6.45) is 0.107. The number of hydrazine groups is 1. The maximum absolute atomic E-state index is 12.2. The minimum absolute atomic E-state index is 0.107. The van der Waals surface area contributed by atoms with Crippen LogP contribution in [0.4, 0.5) is 5.69 Å². The second kappa shape index (κ2) is 8.79. The van der Waals surface area contributed by atoms with Crippen molar-refractivity contribution in [3.8, 4) is 0 Å². The van der Waals surface area contributed by atoms with Crippen molar-refractivity contribution in [2.45, 2.75) is 23.1 Å². The number of rotatable bonds is 8. The van der Waals surface area contributed by atoms with E-state index in [9.17, 15) is 23.3 Å². The third kappa shape index (κ3) is 5.55. The standard InChI is InChI=1S/C16H17N3O5S2/c1-12-7-8-14(11-15(12)19(21)22)26(23,24)18-17-16(20)9-10-25-13-5-3-2-4-6-13/h2-8,11,18H,9-10H2,1H3,(H,17,20). The zero-order chi connectivity index (χ0) is 19.2. The van der Waals surface area contributed by atoms with Crippen molar-refractivity contribution >= 4 is 33.4 Å². The van der Waals surface area contributed by atoms with Crippen molar-refractivity contribution in [2.24, 2.45) is 0 Å². The fourth-order valence-corrected chi connectivity index (χ4v) is 3.73. The van der Waals surface area contributed by atoms with Gasteiger partial charge in [0.2, 0.25) is 5.91 Å². The molecule has 0 aliphatic carbocycles. The second-order valence-corrected chi connectivity index (χ2v) is 8.12. The van der Waals surface area contributed by atoms with Gasteiger partial charge in [0.1, 0.15) is 0 Å². The van der Waals surface area contributed by atoms with E-state index >= 15 is 0 Å². The van der Waals surface area contributed by atoms with E-state index in [1.807, 2.05) is 35.2 Å². The van der Waals surface area contributed by atoms with E-state index in [0.717, 1.165) is 11.0 Å². The fraction of sp³-hybridized carbons (Fsp3) is 0.188. The van der Waals surface area contributed by atoms with Crippen LogP contribution >= 0.6 is 11.8 Å². The molecule has 0 saturated carbocycles. The van der Waals surface area contributed by atoms with Crippen LogP contribution in [0.15, 0.2) is 58.3 Å². The van der Waals surface area contributed by atoms with Crippen LogP contribution in [0.25, 0.3) is 0 Å². The molecule has 0 atom stereocenters. The predicted molar refractivity (Wildman–Crippen MR) is 98.1 cm³/mol. The largest absolute Gasteiger partial charge is 0.278 e. The van der Waals surface area contributed by atoms with E-state index in [1.165, 1.54) is 30.8 Å². The molecule has 0 aromatic heterocycles. The monoisotopic (exact) mass is 395 g/mol. The van der Waals surface area contributed by atoms with E-state index in [-0.39, 0.29) is 17.0 Å².